The summed E-state index contributed by atoms with van der Waals surface area (Å²) in [6.07, 6.45) is -4.52. The van der Waals surface area contributed by atoms with E-state index in [4.69, 9.17) is 22.3 Å². The van der Waals surface area contributed by atoms with Crippen molar-refractivity contribution >= 4 is 21.5 Å². The van der Waals surface area contributed by atoms with Gasteiger partial charge >= 0.3 is 16.6 Å². The Hall–Kier alpha value is -3.18. The van der Waals surface area contributed by atoms with Gasteiger partial charge in [0, 0.05) is 12.1 Å². The van der Waals surface area contributed by atoms with Crippen LogP contribution < -0.4 is 4.74 Å². The fraction of sp³-hybridized carbons (Fsp3) is 0.200. The molecule has 2 N–H and O–H groups in total. The molecular formula is C25H26F3NO5S. The first-order chi connectivity index (χ1) is 16.4. The number of alkyl halides is 3. The van der Waals surface area contributed by atoms with Crippen LogP contribution in [0.4, 0.5) is 13.2 Å². The van der Waals surface area contributed by atoms with Gasteiger partial charge in [-0.25, -0.2) is 0 Å². The Bertz CT molecular complexity index is 1190. The van der Waals surface area contributed by atoms with E-state index in [9.17, 15) is 13.2 Å². The summed E-state index contributed by atoms with van der Waals surface area (Å²) in [6.45, 7) is 1.26. The molecule has 0 fully saturated rings. The smallest absolute Gasteiger partial charge is 0.417 e. The fourth-order valence-corrected chi connectivity index (χ4v) is 3.18. The molecule has 0 aromatic heterocycles. The van der Waals surface area contributed by atoms with Crippen molar-refractivity contribution in [3.05, 3.63) is 102 Å². The van der Waals surface area contributed by atoms with Crippen LogP contribution in [0, 0.1) is 0 Å². The SMILES string of the molecule is CN(C)CCOc1ccc(/C(=C(\c2ccccc2)C(F)(F)F)c2ccccc2)cc1.O=S(=O)(O)O. The minimum atomic E-state index is -4.67. The second-order valence-corrected chi connectivity index (χ2v) is 8.50. The predicted octanol–water partition coefficient (Wildman–Crippen LogP) is 5.50. The van der Waals surface area contributed by atoms with Crippen molar-refractivity contribution < 1.29 is 35.4 Å². The van der Waals surface area contributed by atoms with Crippen LogP contribution in [0.25, 0.3) is 11.1 Å². The molecule has 0 amide bonds. The Morgan fingerprint density at radius 2 is 1.23 bits per heavy atom. The largest absolute Gasteiger partial charge is 0.492 e. The molecule has 3 rings (SSSR count). The standard InChI is InChI=1S/C25H24F3NO.H2O4S/c1-29(2)17-18-30-22-15-13-20(14-16-22)23(19-9-5-3-6-10-19)24(25(26,27)28)21-11-7-4-8-12-21;1-5(2,3)4/h3-16H,17-18H2,1-2H3;(H2,1,2,3,4)/b24-23+;. The molecule has 0 aliphatic carbocycles. The lowest BCUT2D eigenvalue weighted by atomic mass is 9.89. The van der Waals surface area contributed by atoms with Crippen LogP contribution in [0.15, 0.2) is 84.9 Å². The Balaban J connectivity index is 0.000000784. The highest BCUT2D eigenvalue weighted by Gasteiger charge is 2.38. The molecule has 0 atom stereocenters. The Morgan fingerprint density at radius 3 is 1.66 bits per heavy atom. The second kappa shape index (κ2) is 12.5. The van der Waals surface area contributed by atoms with E-state index in [1.165, 1.54) is 12.1 Å². The van der Waals surface area contributed by atoms with Crippen LogP contribution in [-0.2, 0) is 10.4 Å². The second-order valence-electron chi connectivity index (χ2n) is 7.60. The summed E-state index contributed by atoms with van der Waals surface area (Å²) >= 11 is 0. The van der Waals surface area contributed by atoms with Gasteiger partial charge in [0.25, 0.3) is 0 Å². The number of rotatable bonds is 7. The summed E-state index contributed by atoms with van der Waals surface area (Å²) in [7, 11) is -0.767. The van der Waals surface area contributed by atoms with E-state index in [1.807, 2.05) is 19.0 Å². The molecule has 0 saturated carbocycles. The molecule has 0 bridgehead atoms. The third kappa shape index (κ3) is 9.91. The van der Waals surface area contributed by atoms with Gasteiger partial charge in [-0.3, -0.25) is 9.11 Å². The van der Waals surface area contributed by atoms with Crippen LogP contribution in [0.2, 0.25) is 0 Å². The molecular weight excluding hydrogens is 483 g/mol. The van der Waals surface area contributed by atoms with Crippen LogP contribution in [0.3, 0.4) is 0 Å². The van der Waals surface area contributed by atoms with Gasteiger partial charge < -0.3 is 9.64 Å². The topological polar surface area (TPSA) is 87.1 Å². The molecule has 188 valence electrons. The molecule has 0 aliphatic rings. The van der Waals surface area contributed by atoms with Crippen molar-refractivity contribution in [2.45, 2.75) is 6.18 Å². The van der Waals surface area contributed by atoms with Crippen molar-refractivity contribution in [1.29, 1.82) is 0 Å². The van der Waals surface area contributed by atoms with Gasteiger partial charge in [0.2, 0.25) is 0 Å². The van der Waals surface area contributed by atoms with Gasteiger partial charge in [-0.2, -0.15) is 21.6 Å². The third-order valence-electron chi connectivity index (χ3n) is 4.61. The third-order valence-corrected chi connectivity index (χ3v) is 4.61. The van der Waals surface area contributed by atoms with Crippen molar-refractivity contribution in [3.8, 4) is 5.75 Å². The van der Waals surface area contributed by atoms with Gasteiger partial charge in [0.1, 0.15) is 12.4 Å². The van der Waals surface area contributed by atoms with Crippen LogP contribution in [0.1, 0.15) is 16.7 Å². The lowest BCUT2D eigenvalue weighted by Gasteiger charge is -2.20. The highest BCUT2D eigenvalue weighted by atomic mass is 32.3. The summed E-state index contributed by atoms with van der Waals surface area (Å²) < 4.78 is 80.1. The van der Waals surface area contributed by atoms with Gasteiger partial charge in [-0.1, -0.05) is 72.8 Å². The van der Waals surface area contributed by atoms with E-state index in [0.29, 0.717) is 23.5 Å². The van der Waals surface area contributed by atoms with E-state index in [0.717, 1.165) is 6.54 Å². The maximum atomic E-state index is 14.3. The molecule has 10 heteroatoms. The molecule has 0 radical (unpaired) electrons. The summed E-state index contributed by atoms with van der Waals surface area (Å²) in [5, 5.41) is 0. The van der Waals surface area contributed by atoms with E-state index >= 15 is 0 Å². The average Bonchev–Trinajstić information content (AvgIpc) is 2.77. The Kier molecular flexibility index (Phi) is 10.0. The van der Waals surface area contributed by atoms with Gasteiger partial charge in [0.15, 0.2) is 0 Å². The van der Waals surface area contributed by atoms with Crippen LogP contribution in [0.5, 0.6) is 5.75 Å². The van der Waals surface area contributed by atoms with E-state index in [1.54, 1.807) is 72.8 Å². The van der Waals surface area contributed by atoms with E-state index in [2.05, 4.69) is 0 Å². The molecule has 0 heterocycles. The first-order valence-electron chi connectivity index (χ1n) is 10.4. The summed E-state index contributed by atoms with van der Waals surface area (Å²) in [4.78, 5) is 2.00. The number of likely N-dealkylation sites (N-methyl/N-ethyl adjacent to an activating group) is 1. The molecule has 3 aromatic rings. The lowest BCUT2D eigenvalue weighted by molar-refractivity contribution is -0.0685. The number of nitrogens with zero attached hydrogens (tertiary/aromatic N) is 1. The fourth-order valence-electron chi connectivity index (χ4n) is 3.18. The minimum absolute atomic E-state index is 0.134. The number of allylic oxidation sites excluding steroid dienone is 1. The number of benzene rings is 3. The molecule has 0 aliphatic heterocycles. The number of ether oxygens (including phenoxy) is 1. The predicted molar refractivity (Wildman–Crippen MR) is 130 cm³/mol. The first-order valence-corrected chi connectivity index (χ1v) is 11.8. The lowest BCUT2D eigenvalue weighted by Crippen LogP contribution is -2.19. The maximum Gasteiger partial charge on any atom is 0.417 e. The maximum absolute atomic E-state index is 14.3. The van der Waals surface area contributed by atoms with Crippen LogP contribution in [-0.4, -0.2) is 55.8 Å². The average molecular weight is 510 g/mol. The number of hydrogen-bond acceptors (Lipinski definition) is 4. The van der Waals surface area contributed by atoms with Gasteiger partial charge in [0.05, 0.1) is 5.57 Å². The van der Waals surface area contributed by atoms with Crippen LogP contribution >= 0.6 is 0 Å². The van der Waals surface area contributed by atoms with Crippen molar-refractivity contribution in [2.24, 2.45) is 0 Å². The summed E-state index contributed by atoms with van der Waals surface area (Å²) in [5.74, 6) is 0.626. The van der Waals surface area contributed by atoms with Crippen molar-refractivity contribution in [3.63, 3.8) is 0 Å². The first kappa shape index (κ1) is 28.1. The summed E-state index contributed by atoms with van der Waals surface area (Å²) in [6, 6.07) is 23.4. The normalized spacial score (nSPS) is 12.5. The highest BCUT2D eigenvalue weighted by Crippen LogP contribution is 2.42. The van der Waals surface area contributed by atoms with Gasteiger partial charge in [-0.05, 0) is 42.9 Å². The van der Waals surface area contributed by atoms with Crippen molar-refractivity contribution in [2.75, 3.05) is 27.2 Å². The molecule has 3 aromatic carbocycles. The minimum Gasteiger partial charge on any atom is -0.492 e. The number of hydrogen-bond donors (Lipinski definition) is 2. The van der Waals surface area contributed by atoms with E-state index < -0.39 is 22.1 Å². The zero-order valence-electron chi connectivity index (χ0n) is 19.1. The monoisotopic (exact) mass is 509 g/mol. The molecule has 0 unspecified atom stereocenters. The zero-order chi connectivity index (χ0) is 26.1. The Labute approximate surface area is 202 Å². The number of halogens is 3. The van der Waals surface area contributed by atoms with E-state index in [-0.39, 0.29) is 11.1 Å². The summed E-state index contributed by atoms with van der Waals surface area (Å²) in [5.41, 5.74) is 0.618. The molecule has 6 nitrogen and oxygen atoms in total. The van der Waals surface area contributed by atoms with Gasteiger partial charge in [-0.15, -0.1) is 0 Å². The highest BCUT2D eigenvalue weighted by molar-refractivity contribution is 7.79. The quantitative estimate of drug-likeness (QED) is 0.323. The Morgan fingerprint density at radius 1 is 0.800 bits per heavy atom. The molecule has 0 saturated heterocycles. The zero-order valence-corrected chi connectivity index (χ0v) is 19.9. The van der Waals surface area contributed by atoms with Crippen molar-refractivity contribution in [1.82, 2.24) is 4.90 Å². The molecule has 0 spiro atoms. The molecule has 35 heavy (non-hydrogen) atoms.